The van der Waals surface area contributed by atoms with Crippen molar-refractivity contribution in [2.45, 2.75) is 44.7 Å². The van der Waals surface area contributed by atoms with Gasteiger partial charge in [0, 0.05) is 24.5 Å². The quantitative estimate of drug-likeness (QED) is 0.214. The zero-order valence-corrected chi connectivity index (χ0v) is 26.1. The normalized spacial score (nSPS) is 11.9. The number of rotatable bonds is 12. The molecule has 0 aliphatic carbocycles. The summed E-state index contributed by atoms with van der Waals surface area (Å²) < 4.78 is 29.4. The molecule has 1 atom stereocenters. The SMILES string of the molecule is CCNC(=O)[C@H](Cc1ccccc1)N(Cc1ccccc1Cl)C(=O)CN(c1cc(C)ccc1C)S(=O)(=O)c1ccccc1. The van der Waals surface area contributed by atoms with E-state index in [0.29, 0.717) is 28.4 Å². The Hall–Kier alpha value is -4.14. The van der Waals surface area contributed by atoms with Crippen LogP contribution in [0.15, 0.2) is 108 Å². The summed E-state index contributed by atoms with van der Waals surface area (Å²) >= 11 is 6.53. The summed E-state index contributed by atoms with van der Waals surface area (Å²) in [4.78, 5) is 29.5. The van der Waals surface area contributed by atoms with E-state index in [1.807, 2.05) is 62.4 Å². The molecule has 7 nitrogen and oxygen atoms in total. The lowest BCUT2D eigenvalue weighted by atomic mass is 10.0. The van der Waals surface area contributed by atoms with Gasteiger partial charge in [0.2, 0.25) is 11.8 Å². The second kappa shape index (κ2) is 14.4. The van der Waals surface area contributed by atoms with Crippen LogP contribution < -0.4 is 9.62 Å². The summed E-state index contributed by atoms with van der Waals surface area (Å²) in [5.41, 5.74) is 3.44. The third-order valence-electron chi connectivity index (χ3n) is 7.16. The fraction of sp³-hybridized carbons (Fsp3) is 0.235. The number of carbonyl (C=O) groups is 2. The van der Waals surface area contributed by atoms with E-state index in [1.54, 1.807) is 49.4 Å². The lowest BCUT2D eigenvalue weighted by Gasteiger charge is -2.34. The van der Waals surface area contributed by atoms with Gasteiger partial charge < -0.3 is 10.2 Å². The minimum absolute atomic E-state index is 0.0131. The lowest BCUT2D eigenvalue weighted by Crippen LogP contribution is -2.53. The number of hydrogen-bond acceptors (Lipinski definition) is 4. The lowest BCUT2D eigenvalue weighted by molar-refractivity contribution is -0.140. The van der Waals surface area contributed by atoms with E-state index in [9.17, 15) is 18.0 Å². The van der Waals surface area contributed by atoms with Gasteiger partial charge in [0.15, 0.2) is 0 Å². The van der Waals surface area contributed by atoms with E-state index in [-0.39, 0.29) is 23.8 Å². The Morgan fingerprint density at radius 1 is 0.860 bits per heavy atom. The van der Waals surface area contributed by atoms with Gasteiger partial charge in [-0.1, -0.05) is 90.5 Å². The van der Waals surface area contributed by atoms with Crippen LogP contribution in [0.5, 0.6) is 0 Å². The molecule has 9 heteroatoms. The smallest absolute Gasteiger partial charge is 0.264 e. The highest BCUT2D eigenvalue weighted by Gasteiger charge is 2.35. The van der Waals surface area contributed by atoms with Crippen LogP contribution in [0.1, 0.15) is 29.2 Å². The number of benzene rings is 4. The molecule has 224 valence electrons. The highest BCUT2D eigenvalue weighted by atomic mass is 35.5. The Labute approximate surface area is 259 Å². The van der Waals surface area contributed by atoms with Crippen LogP contribution in [0.25, 0.3) is 0 Å². The Balaban J connectivity index is 1.83. The van der Waals surface area contributed by atoms with Crippen LogP contribution in [-0.2, 0) is 32.6 Å². The molecule has 0 aliphatic rings. The predicted octanol–water partition coefficient (Wildman–Crippen LogP) is 5.93. The summed E-state index contributed by atoms with van der Waals surface area (Å²) in [6.45, 7) is 5.35. The molecule has 0 saturated carbocycles. The molecular formula is C34H36ClN3O4S. The van der Waals surface area contributed by atoms with Crippen molar-refractivity contribution in [2.75, 3.05) is 17.4 Å². The summed E-state index contributed by atoms with van der Waals surface area (Å²) in [6, 6.07) is 29.1. The van der Waals surface area contributed by atoms with Gasteiger partial charge in [-0.3, -0.25) is 13.9 Å². The molecule has 0 saturated heterocycles. The van der Waals surface area contributed by atoms with Gasteiger partial charge in [0.25, 0.3) is 10.0 Å². The summed E-state index contributed by atoms with van der Waals surface area (Å²) in [5, 5.41) is 3.30. The van der Waals surface area contributed by atoms with E-state index in [4.69, 9.17) is 11.6 Å². The second-order valence-electron chi connectivity index (χ2n) is 10.3. The van der Waals surface area contributed by atoms with Crippen LogP contribution in [0.2, 0.25) is 5.02 Å². The Kier molecular flexibility index (Phi) is 10.6. The summed E-state index contributed by atoms with van der Waals surface area (Å²) in [7, 11) is -4.16. The van der Waals surface area contributed by atoms with Gasteiger partial charge in [0.05, 0.1) is 10.6 Å². The highest BCUT2D eigenvalue weighted by Crippen LogP contribution is 2.29. The second-order valence-corrected chi connectivity index (χ2v) is 12.6. The number of anilines is 1. The van der Waals surface area contributed by atoms with E-state index >= 15 is 0 Å². The maximum atomic E-state index is 14.5. The van der Waals surface area contributed by atoms with E-state index < -0.39 is 28.5 Å². The van der Waals surface area contributed by atoms with Crippen LogP contribution in [-0.4, -0.2) is 44.3 Å². The first kappa shape index (κ1) is 31.8. The summed E-state index contributed by atoms with van der Waals surface area (Å²) in [6.07, 6.45) is 0.234. The Bertz CT molecular complexity index is 1660. The molecule has 0 aliphatic heterocycles. The van der Waals surface area contributed by atoms with Crippen LogP contribution in [0, 0.1) is 13.8 Å². The average Bonchev–Trinajstić information content (AvgIpc) is 3.00. The molecule has 0 spiro atoms. The van der Waals surface area contributed by atoms with Crippen molar-refractivity contribution >= 4 is 39.1 Å². The number of sulfonamides is 1. The largest absolute Gasteiger partial charge is 0.355 e. The van der Waals surface area contributed by atoms with Crippen molar-refractivity contribution < 1.29 is 18.0 Å². The number of halogens is 1. The Morgan fingerprint density at radius 2 is 1.49 bits per heavy atom. The van der Waals surface area contributed by atoms with Gasteiger partial charge in [-0.15, -0.1) is 0 Å². The third kappa shape index (κ3) is 7.83. The predicted molar refractivity (Wildman–Crippen MR) is 172 cm³/mol. The van der Waals surface area contributed by atoms with Crippen molar-refractivity contribution in [3.05, 3.63) is 130 Å². The minimum Gasteiger partial charge on any atom is -0.355 e. The monoisotopic (exact) mass is 617 g/mol. The van der Waals surface area contributed by atoms with Gasteiger partial charge in [-0.25, -0.2) is 8.42 Å². The van der Waals surface area contributed by atoms with Crippen molar-refractivity contribution in [1.82, 2.24) is 10.2 Å². The fourth-order valence-corrected chi connectivity index (χ4v) is 6.56. The molecule has 4 aromatic carbocycles. The first-order valence-corrected chi connectivity index (χ1v) is 15.9. The van der Waals surface area contributed by atoms with Crippen molar-refractivity contribution in [1.29, 1.82) is 0 Å². The topological polar surface area (TPSA) is 86.8 Å². The van der Waals surface area contributed by atoms with Crippen molar-refractivity contribution in [3.8, 4) is 0 Å². The summed E-state index contributed by atoms with van der Waals surface area (Å²) in [5.74, 6) is -0.872. The molecule has 0 aromatic heterocycles. The van der Waals surface area contributed by atoms with Crippen LogP contribution in [0.4, 0.5) is 5.69 Å². The van der Waals surface area contributed by atoms with E-state index in [1.165, 1.54) is 17.0 Å². The molecule has 0 radical (unpaired) electrons. The minimum atomic E-state index is -4.16. The van der Waals surface area contributed by atoms with Gasteiger partial charge >= 0.3 is 0 Å². The molecule has 43 heavy (non-hydrogen) atoms. The standard InChI is InChI=1S/C34H36ClN3O4S/c1-4-36-34(40)32(22-27-13-7-5-8-14-27)37(23-28-15-11-12-18-30(28)35)33(39)24-38(31-21-25(2)19-20-26(31)3)43(41,42)29-16-9-6-10-17-29/h5-21,32H,4,22-24H2,1-3H3,(H,36,40)/t32-/m0/s1. The number of hydrogen-bond donors (Lipinski definition) is 1. The fourth-order valence-electron chi connectivity index (χ4n) is 4.88. The average molecular weight is 618 g/mol. The molecule has 4 rings (SSSR count). The van der Waals surface area contributed by atoms with Gasteiger partial charge in [-0.2, -0.15) is 0 Å². The van der Waals surface area contributed by atoms with Gasteiger partial charge in [-0.05, 0) is 67.3 Å². The number of nitrogens with one attached hydrogen (secondary N) is 1. The van der Waals surface area contributed by atoms with Crippen LogP contribution in [0.3, 0.4) is 0 Å². The molecular weight excluding hydrogens is 582 g/mol. The van der Waals surface area contributed by atoms with Crippen molar-refractivity contribution in [3.63, 3.8) is 0 Å². The zero-order chi connectivity index (χ0) is 31.0. The molecule has 1 N–H and O–H groups in total. The number of aryl methyl sites for hydroxylation is 2. The molecule has 2 amide bonds. The van der Waals surface area contributed by atoms with E-state index in [0.717, 1.165) is 15.4 Å². The molecule has 0 unspecified atom stereocenters. The molecule has 0 fully saturated rings. The van der Waals surface area contributed by atoms with E-state index in [2.05, 4.69) is 5.32 Å². The molecule has 0 heterocycles. The third-order valence-corrected chi connectivity index (χ3v) is 9.31. The number of nitrogens with zero attached hydrogens (tertiary/aromatic N) is 2. The highest BCUT2D eigenvalue weighted by molar-refractivity contribution is 7.92. The maximum Gasteiger partial charge on any atom is 0.264 e. The number of amides is 2. The first-order chi connectivity index (χ1) is 20.6. The Morgan fingerprint density at radius 3 is 2.14 bits per heavy atom. The number of carbonyl (C=O) groups excluding carboxylic acids is 2. The molecule has 4 aromatic rings. The molecule has 0 bridgehead atoms. The van der Waals surface area contributed by atoms with Crippen LogP contribution >= 0.6 is 11.6 Å². The van der Waals surface area contributed by atoms with Gasteiger partial charge in [0.1, 0.15) is 12.6 Å². The zero-order valence-electron chi connectivity index (χ0n) is 24.5. The first-order valence-electron chi connectivity index (χ1n) is 14.1. The van der Waals surface area contributed by atoms with Crippen molar-refractivity contribution in [2.24, 2.45) is 0 Å². The maximum absolute atomic E-state index is 14.5. The number of likely N-dealkylation sites (N-methyl/N-ethyl adjacent to an activating group) is 1.